The van der Waals surface area contributed by atoms with Crippen molar-refractivity contribution < 1.29 is 13.3 Å². The van der Waals surface area contributed by atoms with Crippen LogP contribution in [0.2, 0.25) is 0 Å². The first kappa shape index (κ1) is 15.4. The first-order chi connectivity index (χ1) is 9.71. The lowest BCUT2D eigenvalue weighted by Crippen LogP contribution is -2.37. The number of aromatic nitrogens is 1. The third-order valence-corrected chi connectivity index (χ3v) is 5.00. The highest BCUT2D eigenvalue weighted by atomic mass is 32.2. The molecule has 21 heavy (non-hydrogen) atoms. The molecule has 0 bridgehead atoms. The van der Waals surface area contributed by atoms with Gasteiger partial charge in [-0.05, 0) is 18.8 Å². The molecule has 1 aliphatic rings. The number of anilines is 2. The van der Waals surface area contributed by atoms with Gasteiger partial charge in [-0.1, -0.05) is 0 Å². The third-order valence-electron chi connectivity index (χ3n) is 3.70. The molecule has 1 aliphatic heterocycles. The summed E-state index contributed by atoms with van der Waals surface area (Å²) in [4.78, 5) is 14.2. The average Bonchev–Trinajstić information content (AvgIpc) is 2.37. The van der Waals surface area contributed by atoms with E-state index in [4.69, 9.17) is 11.5 Å². The molecule has 0 aliphatic carbocycles. The molecular weight excluding hydrogens is 298 g/mol. The van der Waals surface area contributed by atoms with Crippen LogP contribution in [0.5, 0.6) is 0 Å². The predicted molar refractivity (Wildman–Crippen MR) is 78.1 cm³/mol. The van der Waals surface area contributed by atoms with Crippen molar-refractivity contribution in [1.29, 1.82) is 0 Å². The lowest BCUT2D eigenvalue weighted by atomic mass is 9.90. The minimum Gasteiger partial charge on any atom is -0.393 e. The molecule has 116 valence electrons. The minimum atomic E-state index is -3.21. The van der Waals surface area contributed by atoms with Crippen LogP contribution in [0.1, 0.15) is 24.3 Å². The molecule has 1 saturated heterocycles. The summed E-state index contributed by atoms with van der Waals surface area (Å²) in [6.45, 7) is 0.724. The second-order valence-electron chi connectivity index (χ2n) is 5.05. The van der Waals surface area contributed by atoms with Crippen LogP contribution < -0.4 is 11.5 Å². The summed E-state index contributed by atoms with van der Waals surface area (Å²) in [7, 11) is -3.21. The number of rotatable bonds is 3. The SMILES string of the molecule is CS(=O)(=O)N1CCC(c2cnc(N)c([N+](=O)[O-])c2N)CC1. The van der Waals surface area contributed by atoms with Crippen molar-refractivity contribution in [3.8, 4) is 0 Å². The maximum atomic E-state index is 11.5. The molecule has 0 atom stereocenters. The highest BCUT2D eigenvalue weighted by molar-refractivity contribution is 7.88. The van der Waals surface area contributed by atoms with E-state index in [2.05, 4.69) is 4.98 Å². The molecule has 10 heteroatoms. The van der Waals surface area contributed by atoms with Crippen molar-refractivity contribution in [2.45, 2.75) is 18.8 Å². The predicted octanol–water partition coefficient (Wildman–Crippen LogP) is 0.293. The Hall–Kier alpha value is -1.94. The fourth-order valence-electron chi connectivity index (χ4n) is 2.56. The van der Waals surface area contributed by atoms with E-state index in [9.17, 15) is 18.5 Å². The van der Waals surface area contributed by atoms with E-state index >= 15 is 0 Å². The Kier molecular flexibility index (Phi) is 4.01. The molecule has 0 aromatic carbocycles. The summed E-state index contributed by atoms with van der Waals surface area (Å²) in [5.74, 6) is -0.273. The van der Waals surface area contributed by atoms with Crippen LogP contribution in [0, 0.1) is 10.1 Å². The molecule has 0 radical (unpaired) electrons. The first-order valence-electron chi connectivity index (χ1n) is 6.35. The lowest BCUT2D eigenvalue weighted by molar-refractivity contribution is -0.383. The van der Waals surface area contributed by atoms with Crippen LogP contribution in [0.15, 0.2) is 6.20 Å². The van der Waals surface area contributed by atoms with Crippen LogP contribution in [0.25, 0.3) is 0 Å². The number of piperidine rings is 1. The van der Waals surface area contributed by atoms with Gasteiger partial charge in [0.05, 0.1) is 11.2 Å². The fraction of sp³-hybridized carbons (Fsp3) is 0.545. The third kappa shape index (κ3) is 3.05. The number of hydrogen-bond donors (Lipinski definition) is 2. The van der Waals surface area contributed by atoms with Crippen LogP contribution in [-0.4, -0.2) is 42.0 Å². The largest absolute Gasteiger partial charge is 0.393 e. The van der Waals surface area contributed by atoms with Crippen molar-refractivity contribution in [3.05, 3.63) is 21.9 Å². The van der Waals surface area contributed by atoms with E-state index in [1.165, 1.54) is 10.5 Å². The Morgan fingerprint density at radius 2 is 1.95 bits per heavy atom. The van der Waals surface area contributed by atoms with Gasteiger partial charge in [0.2, 0.25) is 15.8 Å². The van der Waals surface area contributed by atoms with Crippen LogP contribution in [0.4, 0.5) is 17.2 Å². The van der Waals surface area contributed by atoms with Gasteiger partial charge < -0.3 is 11.5 Å². The Morgan fingerprint density at radius 3 is 2.43 bits per heavy atom. The van der Waals surface area contributed by atoms with Gasteiger partial charge in [-0.3, -0.25) is 10.1 Å². The van der Waals surface area contributed by atoms with E-state index in [0.29, 0.717) is 31.5 Å². The van der Waals surface area contributed by atoms with Crippen LogP contribution in [-0.2, 0) is 10.0 Å². The van der Waals surface area contributed by atoms with Gasteiger partial charge in [-0.2, -0.15) is 0 Å². The maximum Gasteiger partial charge on any atom is 0.334 e. The van der Waals surface area contributed by atoms with Crippen LogP contribution in [0.3, 0.4) is 0 Å². The van der Waals surface area contributed by atoms with Crippen molar-refractivity contribution in [2.24, 2.45) is 0 Å². The summed E-state index contributed by atoms with van der Waals surface area (Å²) in [6, 6.07) is 0. The summed E-state index contributed by atoms with van der Waals surface area (Å²) < 4.78 is 24.3. The van der Waals surface area contributed by atoms with Gasteiger partial charge in [0.1, 0.15) is 5.69 Å². The topological polar surface area (TPSA) is 145 Å². The molecule has 0 amide bonds. The Morgan fingerprint density at radius 1 is 1.38 bits per heavy atom. The molecule has 2 rings (SSSR count). The van der Waals surface area contributed by atoms with Crippen molar-refractivity contribution >= 4 is 27.2 Å². The Balaban J connectivity index is 2.26. The van der Waals surface area contributed by atoms with Gasteiger partial charge in [-0.15, -0.1) is 0 Å². The zero-order valence-electron chi connectivity index (χ0n) is 11.5. The zero-order chi connectivity index (χ0) is 15.8. The summed E-state index contributed by atoms with van der Waals surface area (Å²) in [5, 5.41) is 11.0. The van der Waals surface area contributed by atoms with Gasteiger partial charge in [0.15, 0.2) is 0 Å². The Bertz CT molecular complexity index is 667. The van der Waals surface area contributed by atoms with E-state index < -0.39 is 14.9 Å². The normalized spacial score (nSPS) is 17.8. The standard InChI is InChI=1S/C11H17N5O4S/c1-21(19,20)15-4-2-7(3-5-15)8-6-14-11(13)10(9(8)12)16(17)18/h6-7H,2-5H2,1H3,(H4,12,13,14). The average molecular weight is 315 g/mol. The monoisotopic (exact) mass is 315 g/mol. The number of nitro groups is 1. The summed E-state index contributed by atoms with van der Waals surface area (Å²) in [6.07, 6.45) is 3.69. The molecule has 1 fully saturated rings. The highest BCUT2D eigenvalue weighted by Gasteiger charge is 2.30. The zero-order valence-corrected chi connectivity index (χ0v) is 12.3. The molecule has 0 spiro atoms. The number of hydrogen-bond acceptors (Lipinski definition) is 7. The van der Waals surface area contributed by atoms with Gasteiger partial charge >= 0.3 is 5.69 Å². The van der Waals surface area contributed by atoms with Crippen molar-refractivity contribution in [1.82, 2.24) is 9.29 Å². The fourth-order valence-corrected chi connectivity index (χ4v) is 3.43. The van der Waals surface area contributed by atoms with E-state index in [-0.39, 0.29) is 23.1 Å². The summed E-state index contributed by atoms with van der Waals surface area (Å²) >= 11 is 0. The number of nitrogens with zero attached hydrogens (tertiary/aromatic N) is 3. The van der Waals surface area contributed by atoms with E-state index in [1.807, 2.05) is 0 Å². The minimum absolute atomic E-state index is 0.0188. The Labute approximate surface area is 122 Å². The molecule has 0 unspecified atom stereocenters. The quantitative estimate of drug-likeness (QED) is 0.602. The maximum absolute atomic E-state index is 11.5. The van der Waals surface area contributed by atoms with Gasteiger partial charge in [0.25, 0.3) is 0 Å². The molecule has 2 heterocycles. The molecule has 1 aromatic heterocycles. The smallest absolute Gasteiger partial charge is 0.334 e. The van der Waals surface area contributed by atoms with E-state index in [0.717, 1.165) is 6.26 Å². The number of pyridine rings is 1. The number of sulfonamides is 1. The second kappa shape index (κ2) is 5.45. The highest BCUT2D eigenvalue weighted by Crippen LogP contribution is 2.38. The molecule has 0 saturated carbocycles. The first-order valence-corrected chi connectivity index (χ1v) is 8.20. The molecular formula is C11H17N5O4S. The lowest BCUT2D eigenvalue weighted by Gasteiger charge is -2.30. The molecule has 1 aromatic rings. The van der Waals surface area contributed by atoms with Crippen LogP contribution >= 0.6 is 0 Å². The van der Waals surface area contributed by atoms with Crippen molar-refractivity contribution in [2.75, 3.05) is 30.8 Å². The molecule has 4 N–H and O–H groups in total. The molecule has 9 nitrogen and oxygen atoms in total. The van der Waals surface area contributed by atoms with Gasteiger partial charge in [-0.25, -0.2) is 17.7 Å². The van der Waals surface area contributed by atoms with Crippen molar-refractivity contribution in [3.63, 3.8) is 0 Å². The summed E-state index contributed by atoms with van der Waals surface area (Å²) in [5.41, 5.74) is 11.5. The van der Waals surface area contributed by atoms with E-state index in [1.54, 1.807) is 0 Å². The number of nitrogen functional groups attached to an aromatic ring is 2. The number of nitrogens with two attached hydrogens (primary N) is 2. The second-order valence-corrected chi connectivity index (χ2v) is 7.04. The van der Waals surface area contributed by atoms with Gasteiger partial charge in [0, 0.05) is 24.8 Å².